The fourth-order valence-corrected chi connectivity index (χ4v) is 2.18. The summed E-state index contributed by atoms with van der Waals surface area (Å²) >= 11 is 0. The highest BCUT2D eigenvalue weighted by molar-refractivity contribution is 5.86. The second-order valence-corrected chi connectivity index (χ2v) is 4.49. The summed E-state index contributed by atoms with van der Waals surface area (Å²) in [6, 6.07) is 13.0. The van der Waals surface area contributed by atoms with Gasteiger partial charge in [0.05, 0.1) is 12.7 Å². The largest absolute Gasteiger partial charge is 0.507 e. The van der Waals surface area contributed by atoms with Crippen molar-refractivity contribution < 1.29 is 14.3 Å². The molecule has 1 heterocycles. The molecule has 2 aromatic carbocycles. The second-order valence-electron chi connectivity index (χ2n) is 4.49. The monoisotopic (exact) mass is 254 g/mol. The zero-order valence-electron chi connectivity index (χ0n) is 10.8. The van der Waals surface area contributed by atoms with E-state index in [1.165, 1.54) is 0 Å². The summed E-state index contributed by atoms with van der Waals surface area (Å²) in [5.41, 5.74) is 2.56. The highest BCUT2D eigenvalue weighted by Gasteiger charge is 2.12. The molecule has 0 spiro atoms. The molecule has 0 radical (unpaired) electrons. The summed E-state index contributed by atoms with van der Waals surface area (Å²) in [5, 5.41) is 11.0. The van der Waals surface area contributed by atoms with Gasteiger partial charge in [-0.25, -0.2) is 0 Å². The van der Waals surface area contributed by atoms with E-state index in [-0.39, 0.29) is 5.75 Å². The summed E-state index contributed by atoms with van der Waals surface area (Å²) < 4.78 is 11.0. The maximum atomic E-state index is 9.96. The molecule has 0 saturated carbocycles. The molecule has 0 unspecified atom stereocenters. The van der Waals surface area contributed by atoms with Crippen molar-refractivity contribution in [1.82, 2.24) is 0 Å². The van der Waals surface area contributed by atoms with Gasteiger partial charge in [-0.3, -0.25) is 0 Å². The molecule has 3 nitrogen and oxygen atoms in total. The topological polar surface area (TPSA) is 42.6 Å². The second kappa shape index (κ2) is 4.35. The van der Waals surface area contributed by atoms with E-state index in [2.05, 4.69) is 0 Å². The molecule has 0 amide bonds. The Morgan fingerprint density at radius 2 is 1.95 bits per heavy atom. The Bertz CT molecular complexity index is 741. The van der Waals surface area contributed by atoms with Crippen LogP contribution in [0.1, 0.15) is 5.56 Å². The van der Waals surface area contributed by atoms with Gasteiger partial charge in [-0.05, 0) is 36.8 Å². The van der Waals surface area contributed by atoms with E-state index in [0.717, 1.165) is 16.5 Å². The lowest BCUT2D eigenvalue weighted by atomic mass is 10.1. The summed E-state index contributed by atoms with van der Waals surface area (Å²) in [4.78, 5) is 0. The standard InChI is InChI=1S/C16H14O3/c1-10-4-3-5-11-8-15(19-16(10)11)13-9-12(18-2)6-7-14(13)17/h3-9,17H,1-2H3. The minimum Gasteiger partial charge on any atom is -0.507 e. The van der Waals surface area contributed by atoms with Gasteiger partial charge >= 0.3 is 0 Å². The number of fused-ring (bicyclic) bond motifs is 1. The number of benzene rings is 2. The Kier molecular flexibility index (Phi) is 2.67. The van der Waals surface area contributed by atoms with Gasteiger partial charge in [0.25, 0.3) is 0 Å². The first kappa shape index (κ1) is 11.7. The summed E-state index contributed by atoms with van der Waals surface area (Å²) in [5.74, 6) is 1.50. The van der Waals surface area contributed by atoms with Gasteiger partial charge in [0.1, 0.15) is 22.8 Å². The van der Waals surface area contributed by atoms with Gasteiger partial charge in [-0.2, -0.15) is 0 Å². The molecule has 0 fully saturated rings. The van der Waals surface area contributed by atoms with E-state index >= 15 is 0 Å². The van der Waals surface area contributed by atoms with Crippen molar-refractivity contribution in [1.29, 1.82) is 0 Å². The van der Waals surface area contributed by atoms with Crippen molar-refractivity contribution in [3.05, 3.63) is 48.0 Å². The highest BCUT2D eigenvalue weighted by Crippen LogP contribution is 2.36. The normalized spacial score (nSPS) is 10.8. The molecule has 96 valence electrons. The third-order valence-electron chi connectivity index (χ3n) is 3.21. The van der Waals surface area contributed by atoms with Gasteiger partial charge < -0.3 is 14.3 Å². The maximum absolute atomic E-state index is 9.96. The zero-order valence-corrected chi connectivity index (χ0v) is 10.8. The lowest BCUT2D eigenvalue weighted by molar-refractivity contribution is 0.412. The number of hydrogen-bond acceptors (Lipinski definition) is 3. The Labute approximate surface area is 111 Å². The van der Waals surface area contributed by atoms with Gasteiger partial charge in [0.15, 0.2) is 0 Å². The molecule has 0 aliphatic carbocycles. The lowest BCUT2D eigenvalue weighted by Gasteiger charge is -2.04. The third-order valence-corrected chi connectivity index (χ3v) is 3.21. The van der Waals surface area contributed by atoms with Crippen LogP contribution in [0.25, 0.3) is 22.3 Å². The number of phenols is 1. The number of furan rings is 1. The Hall–Kier alpha value is -2.42. The fraction of sp³-hybridized carbons (Fsp3) is 0.125. The number of aryl methyl sites for hydroxylation is 1. The number of methoxy groups -OCH3 is 1. The molecule has 0 saturated heterocycles. The van der Waals surface area contributed by atoms with Crippen LogP contribution in [0, 0.1) is 6.92 Å². The van der Waals surface area contributed by atoms with E-state index in [4.69, 9.17) is 9.15 Å². The molecule has 0 atom stereocenters. The first-order valence-electron chi connectivity index (χ1n) is 6.05. The van der Waals surface area contributed by atoms with Crippen molar-refractivity contribution in [2.75, 3.05) is 7.11 Å². The zero-order chi connectivity index (χ0) is 13.4. The van der Waals surface area contributed by atoms with Crippen LogP contribution in [0.5, 0.6) is 11.5 Å². The lowest BCUT2D eigenvalue weighted by Crippen LogP contribution is -1.83. The van der Waals surface area contributed by atoms with Gasteiger partial charge in [-0.15, -0.1) is 0 Å². The fourth-order valence-electron chi connectivity index (χ4n) is 2.18. The van der Waals surface area contributed by atoms with Gasteiger partial charge in [-0.1, -0.05) is 18.2 Å². The van der Waals surface area contributed by atoms with Crippen LogP contribution < -0.4 is 4.74 Å². The predicted molar refractivity (Wildman–Crippen MR) is 74.6 cm³/mol. The van der Waals surface area contributed by atoms with Gasteiger partial charge in [0.2, 0.25) is 0 Å². The van der Waals surface area contributed by atoms with Crippen molar-refractivity contribution in [2.24, 2.45) is 0 Å². The average molecular weight is 254 g/mol. The van der Waals surface area contributed by atoms with Crippen LogP contribution in [-0.2, 0) is 0 Å². The minimum absolute atomic E-state index is 0.178. The number of ether oxygens (including phenoxy) is 1. The van der Waals surface area contributed by atoms with Crippen LogP contribution in [0.15, 0.2) is 46.9 Å². The Morgan fingerprint density at radius 3 is 2.68 bits per heavy atom. The maximum Gasteiger partial charge on any atom is 0.139 e. The average Bonchev–Trinajstić information content (AvgIpc) is 2.84. The molecule has 3 heteroatoms. The number of hydrogen-bond donors (Lipinski definition) is 1. The van der Waals surface area contributed by atoms with Crippen LogP contribution >= 0.6 is 0 Å². The minimum atomic E-state index is 0.178. The molecule has 0 aliphatic heterocycles. The quantitative estimate of drug-likeness (QED) is 0.748. The van der Waals surface area contributed by atoms with Crippen LogP contribution in [0.4, 0.5) is 0 Å². The SMILES string of the molecule is COc1ccc(O)c(-c2cc3cccc(C)c3o2)c1. The van der Waals surface area contributed by atoms with E-state index in [1.54, 1.807) is 25.3 Å². The van der Waals surface area contributed by atoms with Crippen LogP contribution in [-0.4, -0.2) is 12.2 Å². The Morgan fingerprint density at radius 1 is 1.11 bits per heavy atom. The molecule has 1 aromatic heterocycles. The molecule has 0 aliphatic rings. The first-order chi connectivity index (χ1) is 9.19. The molecule has 3 rings (SSSR count). The summed E-state index contributed by atoms with van der Waals surface area (Å²) in [6.45, 7) is 2.00. The van der Waals surface area contributed by atoms with Crippen molar-refractivity contribution in [3.8, 4) is 22.8 Å². The van der Waals surface area contributed by atoms with Crippen LogP contribution in [0.2, 0.25) is 0 Å². The van der Waals surface area contributed by atoms with Crippen molar-refractivity contribution in [2.45, 2.75) is 6.92 Å². The molecule has 19 heavy (non-hydrogen) atoms. The summed E-state index contributed by atoms with van der Waals surface area (Å²) in [6.07, 6.45) is 0. The highest BCUT2D eigenvalue weighted by atomic mass is 16.5. The van der Waals surface area contributed by atoms with E-state index < -0.39 is 0 Å². The number of para-hydroxylation sites is 1. The molecular formula is C16H14O3. The third kappa shape index (κ3) is 1.93. The smallest absolute Gasteiger partial charge is 0.139 e. The van der Waals surface area contributed by atoms with E-state index in [9.17, 15) is 5.11 Å². The van der Waals surface area contributed by atoms with E-state index in [1.807, 2.05) is 31.2 Å². The first-order valence-corrected chi connectivity index (χ1v) is 6.05. The molecule has 1 N–H and O–H groups in total. The molecule has 0 bridgehead atoms. The Balaban J connectivity index is 2.21. The van der Waals surface area contributed by atoms with Crippen molar-refractivity contribution in [3.63, 3.8) is 0 Å². The summed E-state index contributed by atoms with van der Waals surface area (Å²) in [7, 11) is 1.60. The number of rotatable bonds is 2. The van der Waals surface area contributed by atoms with Crippen molar-refractivity contribution >= 4 is 11.0 Å². The van der Waals surface area contributed by atoms with Gasteiger partial charge in [0, 0.05) is 5.39 Å². The predicted octanol–water partition coefficient (Wildman–Crippen LogP) is 4.12. The number of phenolic OH excluding ortho intramolecular Hbond substituents is 1. The molecule has 3 aromatic rings. The van der Waals surface area contributed by atoms with Crippen LogP contribution in [0.3, 0.4) is 0 Å². The number of aromatic hydroxyl groups is 1. The molecular weight excluding hydrogens is 240 g/mol. The van der Waals surface area contributed by atoms with E-state index in [0.29, 0.717) is 17.1 Å².